The fourth-order valence-corrected chi connectivity index (χ4v) is 5.52. The van der Waals surface area contributed by atoms with Gasteiger partial charge in [-0.3, -0.25) is 33.6 Å². The summed E-state index contributed by atoms with van der Waals surface area (Å²) in [6.45, 7) is 10.2. The van der Waals surface area contributed by atoms with E-state index in [1.165, 1.54) is 42.6 Å². The highest BCUT2D eigenvalue weighted by Crippen LogP contribution is 2.24. The Kier molecular flexibility index (Phi) is 13.1. The number of hydrogen-bond acceptors (Lipinski definition) is 8. The molecule has 0 bridgehead atoms. The number of amides is 5. The molecular weight excluding hydrogens is 574 g/mol. The minimum Gasteiger partial charge on any atom is -0.481 e. The van der Waals surface area contributed by atoms with Crippen molar-refractivity contribution in [3.8, 4) is 0 Å². The lowest BCUT2D eigenvalue weighted by molar-refractivity contribution is -0.164. The summed E-state index contributed by atoms with van der Waals surface area (Å²) < 4.78 is 5.44. The molecule has 2 heterocycles. The summed E-state index contributed by atoms with van der Waals surface area (Å²) >= 11 is 0. The van der Waals surface area contributed by atoms with Gasteiger partial charge in [-0.05, 0) is 31.6 Å². The van der Waals surface area contributed by atoms with Crippen LogP contribution in [0, 0.1) is 17.8 Å². The number of aliphatic carboxylic acids is 1. The molecule has 0 unspecified atom stereocenters. The molecule has 5 amide bonds. The van der Waals surface area contributed by atoms with E-state index in [1.54, 1.807) is 20.8 Å². The first-order chi connectivity index (χ1) is 20.5. The van der Waals surface area contributed by atoms with E-state index >= 15 is 0 Å². The predicted octanol–water partition coefficient (Wildman–Crippen LogP) is 0.381. The summed E-state index contributed by atoms with van der Waals surface area (Å²) in [5.41, 5.74) is 0. The van der Waals surface area contributed by atoms with Crippen molar-refractivity contribution in [2.75, 3.05) is 27.2 Å². The number of hydrogen-bond donors (Lipinski definition) is 3. The minimum absolute atomic E-state index is 0.156. The van der Waals surface area contributed by atoms with Crippen LogP contribution < -0.4 is 10.6 Å². The van der Waals surface area contributed by atoms with E-state index in [0.29, 0.717) is 19.3 Å². The molecule has 2 saturated heterocycles. The number of esters is 1. The molecular formula is C30H49N5O9. The number of nitrogens with one attached hydrogen (secondary N) is 2. The van der Waals surface area contributed by atoms with Crippen molar-refractivity contribution in [2.45, 2.75) is 104 Å². The van der Waals surface area contributed by atoms with Crippen molar-refractivity contribution in [1.82, 2.24) is 25.3 Å². The Morgan fingerprint density at radius 2 is 1.61 bits per heavy atom. The summed E-state index contributed by atoms with van der Waals surface area (Å²) in [4.78, 5) is 96.0. The molecule has 0 aromatic rings. The minimum atomic E-state index is -1.47. The van der Waals surface area contributed by atoms with Crippen LogP contribution in [0.25, 0.3) is 0 Å². The van der Waals surface area contributed by atoms with Crippen LogP contribution in [0.4, 0.5) is 0 Å². The molecule has 44 heavy (non-hydrogen) atoms. The molecule has 0 radical (unpaired) electrons. The Morgan fingerprint density at radius 1 is 0.977 bits per heavy atom. The van der Waals surface area contributed by atoms with Gasteiger partial charge in [-0.25, -0.2) is 0 Å². The lowest BCUT2D eigenvalue weighted by Gasteiger charge is -2.38. The number of likely N-dealkylation sites (N-methyl/N-ethyl adjacent to an activating group) is 2. The van der Waals surface area contributed by atoms with E-state index in [2.05, 4.69) is 10.6 Å². The number of carboxylic acids is 1. The van der Waals surface area contributed by atoms with Crippen molar-refractivity contribution in [3.05, 3.63) is 0 Å². The number of carboxylic acid groups (broad SMARTS) is 1. The molecule has 248 valence electrons. The average molecular weight is 624 g/mol. The van der Waals surface area contributed by atoms with Crippen LogP contribution in [0.15, 0.2) is 0 Å². The van der Waals surface area contributed by atoms with E-state index in [1.807, 2.05) is 6.92 Å². The maximum atomic E-state index is 13.9. The van der Waals surface area contributed by atoms with Crippen molar-refractivity contribution < 1.29 is 43.4 Å². The van der Waals surface area contributed by atoms with Gasteiger partial charge in [0.1, 0.15) is 24.2 Å². The van der Waals surface area contributed by atoms with Gasteiger partial charge in [0.2, 0.25) is 23.6 Å². The van der Waals surface area contributed by atoms with Crippen molar-refractivity contribution in [3.63, 3.8) is 0 Å². The van der Waals surface area contributed by atoms with E-state index < -0.39 is 77.7 Å². The zero-order chi connectivity index (χ0) is 33.5. The van der Waals surface area contributed by atoms with Crippen molar-refractivity contribution in [2.24, 2.45) is 17.8 Å². The highest BCUT2D eigenvalue weighted by atomic mass is 16.5. The van der Waals surface area contributed by atoms with Crippen LogP contribution in [0.5, 0.6) is 0 Å². The Balaban J connectivity index is 2.56. The maximum absolute atomic E-state index is 13.9. The number of nitrogens with zero attached hydrogens (tertiary/aromatic N) is 3. The summed E-state index contributed by atoms with van der Waals surface area (Å²) in [5, 5.41) is 14.9. The third kappa shape index (κ3) is 8.69. The van der Waals surface area contributed by atoms with E-state index in [0.717, 1.165) is 0 Å². The summed E-state index contributed by atoms with van der Waals surface area (Å²) in [6.07, 6.45) is -0.787. The van der Waals surface area contributed by atoms with Gasteiger partial charge in [-0.2, -0.15) is 0 Å². The number of fused-ring (bicyclic) bond motifs is 1. The molecule has 0 aromatic heterocycles. The summed E-state index contributed by atoms with van der Waals surface area (Å²) in [6, 6.07) is -3.87. The standard InChI is InChI=1S/C30H49N5O9/c1-9-17(4)23-28(40)34(8)24(16(2)3)29(41)33(7)19(6)25(37)31-13-12-22(36)44-21(15-18(5)30(42)43)27(39)35-14-10-11-20(35)26(38)32-23/h16-21,23-24H,9-15H2,1-8H3,(H,31,37)(H,32,38)(H,42,43)/t17-,18+,19-,20-,21-,23-,24-/m0/s1. The van der Waals surface area contributed by atoms with Gasteiger partial charge >= 0.3 is 11.9 Å². The lowest BCUT2D eigenvalue weighted by Crippen LogP contribution is -2.60. The molecule has 14 nitrogen and oxygen atoms in total. The fourth-order valence-electron chi connectivity index (χ4n) is 5.52. The molecule has 3 N–H and O–H groups in total. The number of rotatable bonds is 6. The first-order valence-electron chi connectivity index (χ1n) is 15.4. The largest absolute Gasteiger partial charge is 0.481 e. The van der Waals surface area contributed by atoms with Gasteiger partial charge in [0.25, 0.3) is 5.91 Å². The lowest BCUT2D eigenvalue weighted by atomic mass is 9.94. The van der Waals surface area contributed by atoms with Crippen molar-refractivity contribution in [1.29, 1.82) is 0 Å². The molecule has 0 saturated carbocycles. The first kappa shape index (κ1) is 36.5. The predicted molar refractivity (Wildman–Crippen MR) is 159 cm³/mol. The third-order valence-electron chi connectivity index (χ3n) is 8.74. The van der Waals surface area contributed by atoms with Gasteiger partial charge in [0, 0.05) is 33.6 Å². The molecule has 14 heteroatoms. The average Bonchev–Trinajstić information content (AvgIpc) is 3.46. The maximum Gasteiger partial charge on any atom is 0.308 e. The van der Waals surface area contributed by atoms with Crippen LogP contribution in [0.2, 0.25) is 0 Å². The summed E-state index contributed by atoms with van der Waals surface area (Å²) in [5.74, 6) is -6.46. The van der Waals surface area contributed by atoms with Crippen LogP contribution in [-0.2, 0) is 38.3 Å². The topological polar surface area (TPSA) is 183 Å². The molecule has 0 spiro atoms. The van der Waals surface area contributed by atoms with Crippen LogP contribution >= 0.6 is 0 Å². The van der Waals surface area contributed by atoms with Crippen LogP contribution in [-0.4, -0.2) is 119 Å². The molecule has 2 fully saturated rings. The Hall–Kier alpha value is -3.71. The van der Waals surface area contributed by atoms with Gasteiger partial charge in [0.15, 0.2) is 6.10 Å². The van der Waals surface area contributed by atoms with Crippen LogP contribution in [0.1, 0.15) is 73.6 Å². The normalized spacial score (nSPS) is 28.4. The molecule has 0 aliphatic carbocycles. The molecule has 0 aromatic carbocycles. The molecule has 2 rings (SSSR count). The van der Waals surface area contributed by atoms with E-state index in [-0.39, 0.29) is 37.8 Å². The number of ether oxygens (including phenoxy) is 1. The first-order valence-corrected chi connectivity index (χ1v) is 15.4. The van der Waals surface area contributed by atoms with Crippen LogP contribution in [0.3, 0.4) is 0 Å². The second-order valence-electron chi connectivity index (χ2n) is 12.3. The SMILES string of the molecule is CC[C@H](C)[C@@H]1NC(=O)[C@@H]2CCCN2C(=O)[C@H](C[C@@H](C)C(=O)O)OC(=O)CCNC(=O)[C@H](C)N(C)C(=O)[C@H](C(C)C)N(C)C1=O. The Morgan fingerprint density at radius 3 is 2.18 bits per heavy atom. The highest BCUT2D eigenvalue weighted by molar-refractivity contribution is 5.96. The Bertz CT molecular complexity index is 1110. The number of cyclic esters (lactones) is 1. The van der Waals surface area contributed by atoms with E-state index in [9.17, 15) is 38.7 Å². The van der Waals surface area contributed by atoms with Gasteiger partial charge in [0.05, 0.1) is 12.3 Å². The van der Waals surface area contributed by atoms with E-state index in [4.69, 9.17) is 4.74 Å². The van der Waals surface area contributed by atoms with Crippen molar-refractivity contribution >= 4 is 41.5 Å². The molecule has 2 aliphatic heterocycles. The summed E-state index contributed by atoms with van der Waals surface area (Å²) in [7, 11) is 2.95. The van der Waals surface area contributed by atoms with Gasteiger partial charge in [-0.1, -0.05) is 41.0 Å². The smallest absolute Gasteiger partial charge is 0.308 e. The zero-order valence-corrected chi connectivity index (χ0v) is 27.1. The van der Waals surface area contributed by atoms with Gasteiger partial charge < -0.3 is 35.2 Å². The quantitative estimate of drug-likeness (QED) is 0.352. The number of carbonyl (C=O) groups excluding carboxylic acids is 6. The monoisotopic (exact) mass is 623 g/mol. The highest BCUT2D eigenvalue weighted by Gasteiger charge is 2.43. The fraction of sp³-hybridized carbons (Fsp3) is 0.767. The molecule has 2 aliphatic rings. The zero-order valence-electron chi connectivity index (χ0n) is 27.1. The second kappa shape index (κ2) is 15.8. The van der Waals surface area contributed by atoms with Gasteiger partial charge in [-0.15, -0.1) is 0 Å². The number of carbonyl (C=O) groups is 7. The third-order valence-corrected chi connectivity index (χ3v) is 8.74. The second-order valence-corrected chi connectivity index (χ2v) is 12.3. The molecule has 7 atom stereocenters. The Labute approximate surface area is 259 Å².